The quantitative estimate of drug-likeness (QED) is 0.684. The van der Waals surface area contributed by atoms with E-state index in [0.29, 0.717) is 23.4 Å². The van der Waals surface area contributed by atoms with Crippen LogP contribution in [0.25, 0.3) is 11.4 Å². The normalized spacial score (nSPS) is 15.9. The molecule has 7 heteroatoms. The number of aromatic nitrogens is 3. The van der Waals surface area contributed by atoms with Gasteiger partial charge in [-0.1, -0.05) is 24.3 Å². The Labute approximate surface area is 162 Å². The van der Waals surface area contributed by atoms with Crippen molar-refractivity contribution in [3.05, 3.63) is 59.9 Å². The Bertz CT molecular complexity index is 1060. The van der Waals surface area contributed by atoms with Crippen LogP contribution in [0.5, 0.6) is 0 Å². The molecule has 1 aliphatic heterocycles. The van der Waals surface area contributed by atoms with Gasteiger partial charge in [0.15, 0.2) is 11.6 Å². The highest BCUT2D eigenvalue weighted by Gasteiger charge is 2.22. The minimum absolute atomic E-state index is 0.0113. The molecule has 1 atom stereocenters. The van der Waals surface area contributed by atoms with Gasteiger partial charge in [0.25, 0.3) is 0 Å². The first kappa shape index (κ1) is 17.9. The molecule has 7 nitrogen and oxygen atoms in total. The summed E-state index contributed by atoms with van der Waals surface area (Å²) in [7, 11) is 1.88. The number of para-hydroxylation sites is 1. The lowest BCUT2D eigenvalue weighted by atomic mass is 9.99. The number of hydrogen-bond acceptors (Lipinski definition) is 5. The van der Waals surface area contributed by atoms with Gasteiger partial charge in [-0.05, 0) is 30.7 Å². The molecule has 0 saturated carbocycles. The Morgan fingerprint density at radius 1 is 1.25 bits per heavy atom. The highest BCUT2D eigenvalue weighted by molar-refractivity contribution is 6.07. The number of fused-ring (bicyclic) bond motifs is 1. The molecule has 1 aliphatic rings. The molecular weight excluding hydrogens is 354 g/mol. The van der Waals surface area contributed by atoms with E-state index in [-0.39, 0.29) is 24.2 Å². The molecule has 3 aromatic rings. The molecule has 1 unspecified atom stereocenters. The summed E-state index contributed by atoms with van der Waals surface area (Å²) in [4.78, 5) is 25.0. The molecular formula is C21H21N5O2. The molecule has 28 heavy (non-hydrogen) atoms. The summed E-state index contributed by atoms with van der Waals surface area (Å²) < 4.78 is 1.84. The van der Waals surface area contributed by atoms with Crippen LogP contribution in [0.15, 0.2) is 48.8 Å². The van der Waals surface area contributed by atoms with Crippen molar-refractivity contribution in [2.75, 3.05) is 10.6 Å². The van der Waals surface area contributed by atoms with E-state index in [4.69, 9.17) is 0 Å². The molecule has 1 aromatic heterocycles. The molecule has 0 saturated heterocycles. The van der Waals surface area contributed by atoms with Crippen LogP contribution in [0, 0.1) is 0 Å². The molecule has 2 aromatic carbocycles. The van der Waals surface area contributed by atoms with E-state index >= 15 is 0 Å². The first-order valence-corrected chi connectivity index (χ1v) is 9.17. The zero-order chi connectivity index (χ0) is 19.7. The number of nitrogens with zero attached hydrogens (tertiary/aromatic N) is 3. The number of hydrogen-bond donors (Lipinski definition) is 2. The van der Waals surface area contributed by atoms with E-state index < -0.39 is 0 Å². The number of benzene rings is 2. The number of carbonyl (C=O) groups is 2. The maximum atomic E-state index is 13.1. The smallest absolute Gasteiger partial charge is 0.226 e. The third kappa shape index (κ3) is 3.51. The van der Waals surface area contributed by atoms with Gasteiger partial charge in [0.1, 0.15) is 6.33 Å². The zero-order valence-corrected chi connectivity index (χ0v) is 15.8. The molecule has 4 rings (SSSR count). The van der Waals surface area contributed by atoms with E-state index in [2.05, 4.69) is 20.8 Å². The first-order chi connectivity index (χ1) is 13.5. The average molecular weight is 375 g/mol. The van der Waals surface area contributed by atoms with Gasteiger partial charge in [0, 0.05) is 37.1 Å². The second-order valence-electron chi connectivity index (χ2n) is 7.09. The molecule has 142 valence electrons. The summed E-state index contributed by atoms with van der Waals surface area (Å²) in [6.07, 6.45) is 2.27. The first-order valence-electron chi connectivity index (χ1n) is 9.17. The molecule has 0 radical (unpaired) electrons. The van der Waals surface area contributed by atoms with Gasteiger partial charge in [-0.2, -0.15) is 0 Å². The minimum atomic E-state index is -0.0558. The topological polar surface area (TPSA) is 88.9 Å². The van der Waals surface area contributed by atoms with E-state index in [9.17, 15) is 9.59 Å². The Morgan fingerprint density at radius 3 is 2.86 bits per heavy atom. The van der Waals surface area contributed by atoms with Gasteiger partial charge in [-0.15, -0.1) is 10.2 Å². The number of carbonyl (C=O) groups excluding carboxylic acids is 2. The number of ketones is 1. The zero-order valence-electron chi connectivity index (χ0n) is 15.8. The van der Waals surface area contributed by atoms with Crippen molar-refractivity contribution in [2.45, 2.75) is 25.8 Å². The summed E-state index contributed by atoms with van der Waals surface area (Å²) in [5.74, 6) is 0.684. The summed E-state index contributed by atoms with van der Waals surface area (Å²) in [6.45, 7) is 1.93. The van der Waals surface area contributed by atoms with E-state index in [1.807, 2.05) is 48.9 Å². The van der Waals surface area contributed by atoms with Crippen LogP contribution in [0.3, 0.4) is 0 Å². The Morgan fingerprint density at radius 2 is 2.07 bits per heavy atom. The van der Waals surface area contributed by atoms with Crippen molar-refractivity contribution >= 4 is 23.1 Å². The number of nitrogens with one attached hydrogen (secondary N) is 2. The van der Waals surface area contributed by atoms with Crippen LogP contribution in [0.4, 0.5) is 11.4 Å². The fraction of sp³-hybridized carbons (Fsp3) is 0.238. The van der Waals surface area contributed by atoms with Crippen molar-refractivity contribution in [1.29, 1.82) is 0 Å². The highest BCUT2D eigenvalue weighted by Crippen LogP contribution is 2.31. The van der Waals surface area contributed by atoms with Crippen LogP contribution in [-0.2, 0) is 18.3 Å². The van der Waals surface area contributed by atoms with Crippen molar-refractivity contribution in [3.8, 4) is 11.4 Å². The third-order valence-electron chi connectivity index (χ3n) is 4.78. The van der Waals surface area contributed by atoms with E-state index in [1.54, 1.807) is 18.5 Å². The number of anilines is 2. The SMILES string of the molecule is CC1CC(=O)Nc2cccc(C(=O)Cc3cccc(-c4nncn4C)c3)c2N1. The van der Waals surface area contributed by atoms with Crippen molar-refractivity contribution in [2.24, 2.45) is 7.05 Å². The van der Waals surface area contributed by atoms with Gasteiger partial charge in [-0.25, -0.2) is 0 Å². The van der Waals surface area contributed by atoms with Gasteiger partial charge >= 0.3 is 0 Å². The summed E-state index contributed by atoms with van der Waals surface area (Å²) in [6, 6.07) is 13.1. The van der Waals surface area contributed by atoms with Gasteiger partial charge < -0.3 is 15.2 Å². The monoisotopic (exact) mass is 375 g/mol. The Balaban J connectivity index is 1.63. The second-order valence-corrected chi connectivity index (χ2v) is 7.09. The standard InChI is InChI=1S/C21H21N5O2/c1-13-9-19(28)24-17-8-4-7-16(20(17)23-13)18(27)11-14-5-3-6-15(10-14)21-25-22-12-26(21)2/h3-8,10,12-13,23H,9,11H2,1-2H3,(H,24,28). The predicted molar refractivity (Wildman–Crippen MR) is 107 cm³/mol. The van der Waals surface area contributed by atoms with E-state index in [1.165, 1.54) is 0 Å². The minimum Gasteiger partial charge on any atom is -0.380 e. The van der Waals surface area contributed by atoms with Crippen molar-refractivity contribution < 1.29 is 9.59 Å². The molecule has 2 heterocycles. The van der Waals surface area contributed by atoms with Crippen LogP contribution in [-0.4, -0.2) is 32.5 Å². The van der Waals surface area contributed by atoms with Crippen LogP contribution in [0.1, 0.15) is 29.3 Å². The second kappa shape index (κ2) is 7.26. The van der Waals surface area contributed by atoms with Crippen LogP contribution >= 0.6 is 0 Å². The largest absolute Gasteiger partial charge is 0.380 e. The van der Waals surface area contributed by atoms with Crippen LogP contribution < -0.4 is 10.6 Å². The lowest BCUT2D eigenvalue weighted by molar-refractivity contribution is -0.116. The fourth-order valence-electron chi connectivity index (χ4n) is 3.47. The van der Waals surface area contributed by atoms with Crippen molar-refractivity contribution in [3.63, 3.8) is 0 Å². The van der Waals surface area contributed by atoms with Crippen LogP contribution in [0.2, 0.25) is 0 Å². The molecule has 2 N–H and O–H groups in total. The highest BCUT2D eigenvalue weighted by atomic mass is 16.1. The number of rotatable bonds is 4. The van der Waals surface area contributed by atoms with Gasteiger partial charge in [0.2, 0.25) is 5.91 Å². The maximum Gasteiger partial charge on any atom is 0.226 e. The van der Waals surface area contributed by atoms with Crippen molar-refractivity contribution in [1.82, 2.24) is 14.8 Å². The fourth-order valence-corrected chi connectivity index (χ4v) is 3.47. The summed E-state index contributed by atoms with van der Waals surface area (Å²) >= 11 is 0. The van der Waals surface area contributed by atoms with Gasteiger partial charge in [-0.3, -0.25) is 9.59 Å². The number of Topliss-reactive ketones (excluding diaryl/α,β-unsaturated/α-hetero) is 1. The third-order valence-corrected chi connectivity index (χ3v) is 4.78. The Hall–Kier alpha value is -3.48. The lowest BCUT2D eigenvalue weighted by Gasteiger charge is -2.16. The molecule has 0 aliphatic carbocycles. The molecule has 0 spiro atoms. The summed E-state index contributed by atoms with van der Waals surface area (Å²) in [5.41, 5.74) is 3.73. The summed E-state index contributed by atoms with van der Waals surface area (Å²) in [5, 5.41) is 14.2. The number of amides is 1. The predicted octanol–water partition coefficient (Wildman–Crippen LogP) is 3.05. The maximum absolute atomic E-state index is 13.1. The Kier molecular flexibility index (Phi) is 4.65. The molecule has 1 amide bonds. The van der Waals surface area contributed by atoms with E-state index in [0.717, 1.165) is 17.0 Å². The molecule has 0 fully saturated rings. The average Bonchev–Trinajstić information content (AvgIpc) is 3.02. The number of aryl methyl sites for hydroxylation is 1. The molecule has 0 bridgehead atoms. The lowest BCUT2D eigenvalue weighted by Crippen LogP contribution is -2.19. The van der Waals surface area contributed by atoms with Gasteiger partial charge in [0.05, 0.1) is 11.4 Å².